The van der Waals surface area contributed by atoms with Crippen molar-refractivity contribution in [1.82, 2.24) is 19.1 Å². The molecule has 3 aromatic rings. The number of aromatic nitrogens is 3. The van der Waals surface area contributed by atoms with Crippen molar-refractivity contribution in [3.8, 4) is 6.07 Å². The fraction of sp³-hybridized carbons (Fsp3) is 0.364. The molecule has 2 unspecified atom stereocenters. The van der Waals surface area contributed by atoms with E-state index < -0.39 is 22.5 Å². The van der Waals surface area contributed by atoms with E-state index in [0.717, 1.165) is 30.0 Å². The zero-order valence-corrected chi connectivity index (χ0v) is 18.9. The molecule has 0 radical (unpaired) electrons. The SMILES string of the molecule is N#CC1CCCCC1n1nc(Nc2ccc3c(c2)CN(CC(=O)O)S3(=O)=O)c2c(=O)[nH]ccc21. The molecule has 1 aromatic carbocycles. The standard InChI is InChI=1S/C22H22N6O5S/c23-10-13-3-1-2-4-16(13)28-17-7-8-24-22(31)20(17)21(26-28)25-15-5-6-18-14(9-15)11-27(12-19(29)30)34(18,32)33/h5-9,13,16H,1-4,11-12H2,(H,24,31)(H,25,26)(H,29,30). The number of pyridine rings is 1. The van der Waals surface area contributed by atoms with Crippen LogP contribution in [0.3, 0.4) is 0 Å². The number of H-pyrrole nitrogens is 1. The molecular formula is C22H22N6O5S. The second-order valence-electron chi connectivity index (χ2n) is 8.56. The lowest BCUT2D eigenvalue weighted by Crippen LogP contribution is -2.30. The summed E-state index contributed by atoms with van der Waals surface area (Å²) in [7, 11) is -3.87. The number of rotatable bonds is 5. The van der Waals surface area contributed by atoms with E-state index in [0.29, 0.717) is 28.0 Å². The normalized spacial score (nSPS) is 21.7. The van der Waals surface area contributed by atoms with E-state index in [1.807, 2.05) is 0 Å². The first-order valence-corrected chi connectivity index (χ1v) is 12.3. The molecule has 1 saturated carbocycles. The van der Waals surface area contributed by atoms with Gasteiger partial charge in [0.05, 0.1) is 28.4 Å². The van der Waals surface area contributed by atoms with E-state index in [4.69, 9.17) is 5.11 Å². The third-order valence-corrected chi connectivity index (χ3v) is 8.33. The molecule has 2 aliphatic rings. The zero-order chi connectivity index (χ0) is 24.0. The monoisotopic (exact) mass is 482 g/mol. The second kappa shape index (κ2) is 8.27. The molecule has 5 rings (SSSR count). The van der Waals surface area contributed by atoms with Crippen LogP contribution in [0.4, 0.5) is 11.5 Å². The fourth-order valence-corrected chi connectivity index (χ4v) is 6.43. The third kappa shape index (κ3) is 3.63. The molecule has 0 saturated heterocycles. The molecular weight excluding hydrogens is 460 g/mol. The number of hydrogen-bond acceptors (Lipinski definition) is 7. The highest BCUT2D eigenvalue weighted by molar-refractivity contribution is 7.89. The molecule has 2 aromatic heterocycles. The number of nitrogens with one attached hydrogen (secondary N) is 2. The van der Waals surface area contributed by atoms with E-state index in [-0.39, 0.29) is 29.0 Å². The molecule has 12 heteroatoms. The van der Waals surface area contributed by atoms with E-state index in [1.54, 1.807) is 29.1 Å². The Balaban J connectivity index is 1.53. The Morgan fingerprint density at radius 2 is 2.09 bits per heavy atom. The summed E-state index contributed by atoms with van der Waals surface area (Å²) in [6.45, 7) is -0.674. The maximum Gasteiger partial charge on any atom is 0.318 e. The Morgan fingerprint density at radius 3 is 2.85 bits per heavy atom. The van der Waals surface area contributed by atoms with Crippen molar-refractivity contribution < 1.29 is 18.3 Å². The number of aliphatic carboxylic acids is 1. The van der Waals surface area contributed by atoms with Crippen LogP contribution in [0.5, 0.6) is 0 Å². The van der Waals surface area contributed by atoms with Crippen LogP contribution in [0.15, 0.2) is 40.2 Å². The van der Waals surface area contributed by atoms with Crippen molar-refractivity contribution in [3.05, 3.63) is 46.4 Å². The van der Waals surface area contributed by atoms with Crippen LogP contribution in [0.1, 0.15) is 37.3 Å². The molecule has 11 nitrogen and oxygen atoms in total. The minimum Gasteiger partial charge on any atom is -0.480 e. The summed E-state index contributed by atoms with van der Waals surface area (Å²) in [4.78, 5) is 26.5. The highest BCUT2D eigenvalue weighted by Gasteiger charge is 2.36. The summed E-state index contributed by atoms with van der Waals surface area (Å²) in [6, 6.07) is 8.59. The first-order chi connectivity index (χ1) is 16.3. The molecule has 1 fully saturated rings. The Labute approximate surface area is 194 Å². The average molecular weight is 483 g/mol. The third-order valence-electron chi connectivity index (χ3n) is 6.44. The first-order valence-electron chi connectivity index (χ1n) is 10.9. The number of benzene rings is 1. The molecule has 0 bridgehead atoms. The molecule has 1 aliphatic heterocycles. The van der Waals surface area contributed by atoms with Crippen LogP contribution in [0.25, 0.3) is 10.9 Å². The number of carbonyl (C=O) groups is 1. The van der Waals surface area contributed by atoms with Gasteiger partial charge < -0.3 is 15.4 Å². The molecule has 34 heavy (non-hydrogen) atoms. The van der Waals surface area contributed by atoms with Gasteiger partial charge in [0.2, 0.25) is 10.0 Å². The van der Waals surface area contributed by atoms with Gasteiger partial charge in [-0.05, 0) is 42.7 Å². The molecule has 0 amide bonds. The van der Waals surface area contributed by atoms with Crippen molar-refractivity contribution in [2.75, 3.05) is 11.9 Å². The predicted octanol–water partition coefficient (Wildman–Crippen LogP) is 2.31. The number of sulfonamides is 1. The highest BCUT2D eigenvalue weighted by atomic mass is 32.2. The van der Waals surface area contributed by atoms with Crippen LogP contribution in [-0.4, -0.2) is 45.1 Å². The summed E-state index contributed by atoms with van der Waals surface area (Å²) < 4.78 is 27.9. The number of hydrogen-bond donors (Lipinski definition) is 3. The summed E-state index contributed by atoms with van der Waals surface area (Å²) in [5, 5.41) is 26.8. The van der Waals surface area contributed by atoms with Crippen molar-refractivity contribution in [2.45, 2.75) is 43.2 Å². The van der Waals surface area contributed by atoms with Crippen LogP contribution in [0, 0.1) is 17.2 Å². The van der Waals surface area contributed by atoms with Crippen LogP contribution in [0.2, 0.25) is 0 Å². The summed E-state index contributed by atoms with van der Waals surface area (Å²) in [5.41, 5.74) is 1.27. The topological polar surface area (TPSA) is 161 Å². The smallest absolute Gasteiger partial charge is 0.318 e. The summed E-state index contributed by atoms with van der Waals surface area (Å²) in [5.74, 6) is -1.12. The van der Waals surface area contributed by atoms with Gasteiger partial charge in [-0.15, -0.1) is 0 Å². The van der Waals surface area contributed by atoms with Gasteiger partial charge in [0.25, 0.3) is 5.56 Å². The number of aromatic amines is 1. The van der Waals surface area contributed by atoms with Gasteiger partial charge in [0.1, 0.15) is 11.9 Å². The molecule has 176 valence electrons. The lowest BCUT2D eigenvalue weighted by Gasteiger charge is -2.27. The van der Waals surface area contributed by atoms with Crippen LogP contribution < -0.4 is 10.9 Å². The number of anilines is 2. The summed E-state index contributed by atoms with van der Waals surface area (Å²) >= 11 is 0. The number of fused-ring (bicyclic) bond motifs is 2. The van der Waals surface area contributed by atoms with E-state index >= 15 is 0 Å². The van der Waals surface area contributed by atoms with E-state index in [2.05, 4.69) is 21.5 Å². The number of nitrogens with zero attached hydrogens (tertiary/aromatic N) is 4. The highest BCUT2D eigenvalue weighted by Crippen LogP contribution is 2.37. The lowest BCUT2D eigenvalue weighted by atomic mass is 9.85. The van der Waals surface area contributed by atoms with Gasteiger partial charge in [-0.25, -0.2) is 8.42 Å². The van der Waals surface area contributed by atoms with Crippen LogP contribution in [-0.2, 0) is 21.4 Å². The number of carboxylic acid groups (broad SMARTS) is 1. The minimum atomic E-state index is -3.87. The fourth-order valence-electron chi connectivity index (χ4n) is 4.87. The first kappa shape index (κ1) is 22.1. The van der Waals surface area contributed by atoms with E-state index in [9.17, 15) is 23.3 Å². The van der Waals surface area contributed by atoms with E-state index in [1.165, 1.54) is 6.07 Å². The maximum atomic E-state index is 12.7. The summed E-state index contributed by atoms with van der Waals surface area (Å²) in [6.07, 6.45) is 5.07. The zero-order valence-electron chi connectivity index (χ0n) is 18.1. The molecule has 1 aliphatic carbocycles. The Kier molecular flexibility index (Phi) is 5.38. The van der Waals surface area contributed by atoms with Gasteiger partial charge in [-0.2, -0.15) is 14.7 Å². The molecule has 3 N–H and O–H groups in total. The van der Waals surface area contributed by atoms with Crippen LogP contribution >= 0.6 is 0 Å². The Bertz CT molecular complexity index is 1500. The molecule has 3 heterocycles. The maximum absolute atomic E-state index is 12.7. The Hall–Kier alpha value is -3.69. The minimum absolute atomic E-state index is 0.0544. The number of nitriles is 1. The van der Waals surface area contributed by atoms with Crippen molar-refractivity contribution in [3.63, 3.8) is 0 Å². The van der Waals surface area contributed by atoms with Crippen molar-refractivity contribution >= 4 is 38.4 Å². The van der Waals surface area contributed by atoms with Gasteiger partial charge >= 0.3 is 5.97 Å². The quantitative estimate of drug-likeness (QED) is 0.499. The van der Waals surface area contributed by atoms with Gasteiger partial charge in [0.15, 0.2) is 5.82 Å². The Morgan fingerprint density at radius 1 is 1.29 bits per heavy atom. The van der Waals surface area contributed by atoms with Gasteiger partial charge in [-0.1, -0.05) is 12.8 Å². The van der Waals surface area contributed by atoms with Gasteiger partial charge in [-0.3, -0.25) is 14.3 Å². The average Bonchev–Trinajstić information content (AvgIpc) is 3.28. The van der Waals surface area contributed by atoms with Gasteiger partial charge in [0, 0.05) is 18.4 Å². The predicted molar refractivity (Wildman–Crippen MR) is 122 cm³/mol. The molecule has 0 spiro atoms. The lowest BCUT2D eigenvalue weighted by molar-refractivity contribution is -0.137. The number of carboxylic acids is 1. The van der Waals surface area contributed by atoms with Crippen molar-refractivity contribution in [2.24, 2.45) is 5.92 Å². The van der Waals surface area contributed by atoms with Crippen molar-refractivity contribution in [1.29, 1.82) is 5.26 Å². The molecule has 2 atom stereocenters. The largest absolute Gasteiger partial charge is 0.480 e. The second-order valence-corrected chi connectivity index (χ2v) is 10.5.